The summed E-state index contributed by atoms with van der Waals surface area (Å²) in [5.41, 5.74) is 8.74. The predicted molar refractivity (Wildman–Crippen MR) is 88.1 cm³/mol. The Morgan fingerprint density at radius 3 is 2.43 bits per heavy atom. The lowest BCUT2D eigenvalue weighted by Crippen LogP contribution is -2.29. The van der Waals surface area contributed by atoms with Crippen molar-refractivity contribution >= 4 is 0 Å². The van der Waals surface area contributed by atoms with E-state index in [-0.39, 0.29) is 0 Å². The van der Waals surface area contributed by atoms with Gasteiger partial charge in [-0.15, -0.1) is 0 Å². The van der Waals surface area contributed by atoms with Crippen LogP contribution in [-0.4, -0.2) is 43.0 Å². The lowest BCUT2D eigenvalue weighted by molar-refractivity contribution is 0.221. The summed E-state index contributed by atoms with van der Waals surface area (Å²) in [6, 6.07) is 9.88. The molecule has 0 bridgehead atoms. The second-order valence-electron chi connectivity index (χ2n) is 6.87. The van der Waals surface area contributed by atoms with Crippen molar-refractivity contribution in [2.45, 2.75) is 38.3 Å². The van der Waals surface area contributed by atoms with Gasteiger partial charge in [-0.2, -0.15) is 0 Å². The van der Waals surface area contributed by atoms with Gasteiger partial charge < -0.3 is 5.73 Å². The normalized spacial score (nSPS) is 28.1. The van der Waals surface area contributed by atoms with Crippen molar-refractivity contribution in [1.82, 2.24) is 9.80 Å². The van der Waals surface area contributed by atoms with Crippen molar-refractivity contribution < 1.29 is 0 Å². The number of piperidine rings is 1. The number of benzene rings is 1. The number of nitrogens with two attached hydrogens (primary N) is 1. The third-order valence-electron chi connectivity index (χ3n) is 5.19. The molecule has 2 fully saturated rings. The highest BCUT2D eigenvalue weighted by molar-refractivity contribution is 5.26. The van der Waals surface area contributed by atoms with Crippen LogP contribution in [0.4, 0.5) is 0 Å². The topological polar surface area (TPSA) is 32.5 Å². The molecule has 0 radical (unpaired) electrons. The summed E-state index contributed by atoms with van der Waals surface area (Å²) in [6.45, 7) is 5.60. The second kappa shape index (κ2) is 6.91. The molecule has 0 spiro atoms. The van der Waals surface area contributed by atoms with Gasteiger partial charge in [0.1, 0.15) is 0 Å². The summed E-state index contributed by atoms with van der Waals surface area (Å²) in [5, 5.41) is 0. The number of nitrogens with zero attached hydrogens (tertiary/aromatic N) is 2. The molecule has 116 valence electrons. The van der Waals surface area contributed by atoms with Crippen molar-refractivity contribution in [3.05, 3.63) is 35.4 Å². The molecule has 2 unspecified atom stereocenters. The monoisotopic (exact) mass is 287 g/mol. The molecule has 0 aliphatic carbocycles. The smallest absolute Gasteiger partial charge is 0.0348 e. The second-order valence-corrected chi connectivity index (χ2v) is 6.87. The number of rotatable bonds is 4. The molecule has 2 N–H and O–H groups in total. The number of hydrogen-bond donors (Lipinski definition) is 1. The van der Waals surface area contributed by atoms with Gasteiger partial charge in [0.05, 0.1) is 0 Å². The summed E-state index contributed by atoms with van der Waals surface area (Å²) >= 11 is 0. The fourth-order valence-electron chi connectivity index (χ4n) is 3.89. The van der Waals surface area contributed by atoms with Gasteiger partial charge >= 0.3 is 0 Å². The van der Waals surface area contributed by atoms with E-state index in [0.717, 1.165) is 19.6 Å². The Bertz CT molecular complexity index is 436. The predicted octanol–water partition coefficient (Wildman–Crippen LogP) is 2.62. The lowest BCUT2D eigenvalue weighted by atomic mass is 9.99. The average Bonchev–Trinajstić information content (AvgIpc) is 2.90. The highest BCUT2D eigenvalue weighted by Gasteiger charge is 2.29. The molecular formula is C18H29N3. The summed E-state index contributed by atoms with van der Waals surface area (Å²) in [4.78, 5) is 5.04. The molecule has 21 heavy (non-hydrogen) atoms. The van der Waals surface area contributed by atoms with Crippen LogP contribution in [0, 0.1) is 5.92 Å². The molecule has 2 aliphatic heterocycles. The standard InChI is InChI=1S/C18H29N3/c1-20-13-16(12-19)11-18(20)17-7-5-15(6-8-17)14-21-9-3-2-4-10-21/h5-8,16,18H,2-4,9-14,19H2,1H3. The summed E-state index contributed by atoms with van der Waals surface area (Å²) in [7, 11) is 2.22. The highest BCUT2D eigenvalue weighted by Crippen LogP contribution is 2.33. The average molecular weight is 287 g/mol. The van der Waals surface area contributed by atoms with E-state index >= 15 is 0 Å². The van der Waals surface area contributed by atoms with E-state index in [4.69, 9.17) is 5.73 Å². The fourth-order valence-corrected chi connectivity index (χ4v) is 3.89. The van der Waals surface area contributed by atoms with Crippen LogP contribution >= 0.6 is 0 Å². The van der Waals surface area contributed by atoms with E-state index in [1.54, 1.807) is 0 Å². The molecule has 0 amide bonds. The third kappa shape index (κ3) is 3.65. The molecule has 2 atom stereocenters. The first-order valence-corrected chi connectivity index (χ1v) is 8.48. The van der Waals surface area contributed by atoms with Crippen LogP contribution in [0.25, 0.3) is 0 Å². The van der Waals surface area contributed by atoms with E-state index < -0.39 is 0 Å². The first-order valence-electron chi connectivity index (χ1n) is 8.48. The first-order chi connectivity index (χ1) is 10.3. The Morgan fingerprint density at radius 1 is 1.10 bits per heavy atom. The maximum atomic E-state index is 5.83. The van der Waals surface area contributed by atoms with E-state index in [2.05, 4.69) is 41.1 Å². The number of hydrogen-bond acceptors (Lipinski definition) is 3. The van der Waals surface area contributed by atoms with E-state index in [1.807, 2.05) is 0 Å². The van der Waals surface area contributed by atoms with Gasteiger partial charge in [0, 0.05) is 19.1 Å². The summed E-state index contributed by atoms with van der Waals surface area (Å²) < 4.78 is 0. The van der Waals surface area contributed by atoms with Crippen LogP contribution in [0.5, 0.6) is 0 Å². The fraction of sp³-hybridized carbons (Fsp3) is 0.667. The van der Waals surface area contributed by atoms with E-state index in [9.17, 15) is 0 Å². The zero-order chi connectivity index (χ0) is 14.7. The molecule has 3 heteroatoms. The molecule has 0 aromatic heterocycles. The molecule has 1 aromatic rings. The molecular weight excluding hydrogens is 258 g/mol. The third-order valence-corrected chi connectivity index (χ3v) is 5.19. The molecule has 3 rings (SSSR count). The van der Waals surface area contributed by atoms with Crippen LogP contribution < -0.4 is 5.73 Å². The molecule has 0 saturated carbocycles. The van der Waals surface area contributed by atoms with Gasteiger partial charge in [0.25, 0.3) is 0 Å². The van der Waals surface area contributed by atoms with Gasteiger partial charge in [-0.25, -0.2) is 0 Å². The Kier molecular flexibility index (Phi) is 4.94. The zero-order valence-corrected chi connectivity index (χ0v) is 13.3. The van der Waals surface area contributed by atoms with Gasteiger partial charge in [-0.1, -0.05) is 30.7 Å². The van der Waals surface area contributed by atoms with Crippen LogP contribution in [0.2, 0.25) is 0 Å². The maximum Gasteiger partial charge on any atom is 0.0348 e. The molecule has 2 heterocycles. The van der Waals surface area contributed by atoms with Crippen molar-refractivity contribution in [1.29, 1.82) is 0 Å². The lowest BCUT2D eigenvalue weighted by Gasteiger charge is -2.26. The molecule has 2 aliphatic rings. The Balaban J connectivity index is 1.61. The minimum atomic E-state index is 0.558. The largest absolute Gasteiger partial charge is 0.330 e. The molecule has 3 nitrogen and oxygen atoms in total. The summed E-state index contributed by atoms with van der Waals surface area (Å²) in [5.74, 6) is 0.660. The Morgan fingerprint density at radius 2 is 1.81 bits per heavy atom. The van der Waals surface area contributed by atoms with E-state index in [0.29, 0.717) is 12.0 Å². The SMILES string of the molecule is CN1CC(CN)CC1c1ccc(CN2CCCCC2)cc1. The highest BCUT2D eigenvalue weighted by atomic mass is 15.2. The van der Waals surface area contributed by atoms with Crippen LogP contribution in [-0.2, 0) is 6.54 Å². The van der Waals surface area contributed by atoms with Gasteiger partial charge in [-0.05, 0) is 63.0 Å². The molecule has 1 aromatic carbocycles. The summed E-state index contributed by atoms with van der Waals surface area (Å²) in [6.07, 6.45) is 5.35. The van der Waals surface area contributed by atoms with Crippen LogP contribution in [0.3, 0.4) is 0 Å². The van der Waals surface area contributed by atoms with Gasteiger partial charge in [0.15, 0.2) is 0 Å². The first kappa shape index (κ1) is 15.0. The quantitative estimate of drug-likeness (QED) is 0.924. The van der Waals surface area contributed by atoms with Crippen molar-refractivity contribution in [2.75, 3.05) is 33.2 Å². The Hall–Kier alpha value is -0.900. The van der Waals surface area contributed by atoms with Crippen LogP contribution in [0.1, 0.15) is 42.9 Å². The number of likely N-dealkylation sites (tertiary alicyclic amines) is 2. The van der Waals surface area contributed by atoms with Gasteiger partial charge in [-0.3, -0.25) is 9.80 Å². The van der Waals surface area contributed by atoms with Crippen molar-refractivity contribution in [3.63, 3.8) is 0 Å². The van der Waals surface area contributed by atoms with Crippen molar-refractivity contribution in [2.24, 2.45) is 11.7 Å². The van der Waals surface area contributed by atoms with Crippen LogP contribution in [0.15, 0.2) is 24.3 Å². The van der Waals surface area contributed by atoms with Gasteiger partial charge in [0.2, 0.25) is 0 Å². The minimum Gasteiger partial charge on any atom is -0.330 e. The van der Waals surface area contributed by atoms with Crippen molar-refractivity contribution in [3.8, 4) is 0 Å². The minimum absolute atomic E-state index is 0.558. The molecule has 2 saturated heterocycles. The Labute approximate surface area is 129 Å². The maximum absolute atomic E-state index is 5.83. The van der Waals surface area contributed by atoms with E-state index in [1.165, 1.54) is 49.9 Å². The zero-order valence-electron chi connectivity index (χ0n) is 13.3.